The van der Waals surface area contributed by atoms with Crippen molar-refractivity contribution in [1.82, 2.24) is 20.4 Å². The van der Waals surface area contributed by atoms with Crippen LogP contribution in [-0.2, 0) is 16.1 Å². The SMILES string of the molecule is O=C1CCC(N2C(=O)c3ccc(CN4CCN[C@H]5CCC[C@H]54)cc3C2=O)C(=O)N1. The molecule has 2 saturated heterocycles. The molecule has 0 aromatic heterocycles. The van der Waals surface area contributed by atoms with Gasteiger partial charge in [-0.05, 0) is 37.0 Å². The summed E-state index contributed by atoms with van der Waals surface area (Å²) < 4.78 is 0. The van der Waals surface area contributed by atoms with E-state index in [9.17, 15) is 19.2 Å². The second kappa shape index (κ2) is 7.03. The van der Waals surface area contributed by atoms with Gasteiger partial charge in [-0.15, -0.1) is 0 Å². The molecule has 152 valence electrons. The van der Waals surface area contributed by atoms with Gasteiger partial charge in [0.25, 0.3) is 11.8 Å². The van der Waals surface area contributed by atoms with Crippen LogP contribution in [0.25, 0.3) is 0 Å². The van der Waals surface area contributed by atoms with Crippen molar-refractivity contribution in [1.29, 1.82) is 0 Å². The number of imide groups is 2. The third kappa shape index (κ3) is 3.07. The highest BCUT2D eigenvalue weighted by Gasteiger charge is 2.44. The van der Waals surface area contributed by atoms with E-state index in [1.54, 1.807) is 12.1 Å². The van der Waals surface area contributed by atoms with E-state index >= 15 is 0 Å². The molecular weight excluding hydrogens is 372 g/mol. The van der Waals surface area contributed by atoms with E-state index in [0.29, 0.717) is 23.2 Å². The van der Waals surface area contributed by atoms with Crippen LogP contribution < -0.4 is 10.6 Å². The lowest BCUT2D eigenvalue weighted by Crippen LogP contribution is -2.54. The van der Waals surface area contributed by atoms with E-state index in [0.717, 1.165) is 30.1 Å². The molecule has 2 N–H and O–H groups in total. The minimum absolute atomic E-state index is 0.126. The maximum atomic E-state index is 13.0. The van der Waals surface area contributed by atoms with Crippen molar-refractivity contribution < 1.29 is 19.2 Å². The highest BCUT2D eigenvalue weighted by atomic mass is 16.2. The fourth-order valence-corrected chi connectivity index (χ4v) is 5.22. The zero-order chi connectivity index (χ0) is 20.1. The van der Waals surface area contributed by atoms with Crippen molar-refractivity contribution in [3.05, 3.63) is 34.9 Å². The summed E-state index contributed by atoms with van der Waals surface area (Å²) in [5, 5.41) is 5.82. The smallest absolute Gasteiger partial charge is 0.262 e. The average Bonchev–Trinajstić information content (AvgIpc) is 3.27. The lowest BCUT2D eigenvalue weighted by atomic mass is 10.0. The summed E-state index contributed by atoms with van der Waals surface area (Å²) in [6, 6.07) is 5.55. The van der Waals surface area contributed by atoms with Gasteiger partial charge in [0.05, 0.1) is 11.1 Å². The van der Waals surface area contributed by atoms with Crippen molar-refractivity contribution in [2.75, 3.05) is 13.1 Å². The second-order valence-electron chi connectivity index (χ2n) is 8.36. The van der Waals surface area contributed by atoms with Crippen molar-refractivity contribution >= 4 is 23.6 Å². The van der Waals surface area contributed by atoms with Gasteiger partial charge in [0.15, 0.2) is 0 Å². The van der Waals surface area contributed by atoms with Gasteiger partial charge in [0.1, 0.15) is 6.04 Å². The molecule has 3 fully saturated rings. The number of benzene rings is 1. The Bertz CT molecular complexity index is 914. The predicted octanol–water partition coefficient (Wildman–Crippen LogP) is 0.414. The molecular formula is C21H24N4O4. The molecule has 1 aromatic carbocycles. The molecule has 3 atom stereocenters. The largest absolute Gasteiger partial charge is 0.311 e. The zero-order valence-corrected chi connectivity index (χ0v) is 16.1. The molecule has 0 spiro atoms. The number of carbonyl (C=O) groups is 4. The van der Waals surface area contributed by atoms with Gasteiger partial charge >= 0.3 is 0 Å². The molecule has 1 unspecified atom stereocenters. The van der Waals surface area contributed by atoms with Gasteiger partial charge in [-0.3, -0.25) is 34.3 Å². The second-order valence-corrected chi connectivity index (χ2v) is 8.36. The van der Waals surface area contributed by atoms with Gasteiger partial charge in [0.2, 0.25) is 11.8 Å². The maximum absolute atomic E-state index is 13.0. The number of piperazine rings is 1. The normalized spacial score (nSPS) is 29.8. The van der Waals surface area contributed by atoms with Gasteiger partial charge in [-0.2, -0.15) is 0 Å². The third-order valence-corrected chi connectivity index (χ3v) is 6.64. The standard InChI is InChI=1S/C21H24N4O4/c26-18-7-6-17(19(27)23-18)25-20(28)13-5-4-12(10-14(13)21(25)29)11-24-9-8-22-15-2-1-3-16(15)24/h4-5,10,15-17,22H,1-3,6-9,11H2,(H,23,26,27)/t15-,16+,17?/m0/s1. The first kappa shape index (κ1) is 18.4. The first-order valence-electron chi connectivity index (χ1n) is 10.3. The molecule has 0 radical (unpaired) electrons. The summed E-state index contributed by atoms with van der Waals surface area (Å²) in [6.07, 6.45) is 3.92. The average molecular weight is 396 g/mol. The van der Waals surface area contributed by atoms with Crippen molar-refractivity contribution in [3.8, 4) is 0 Å². The molecule has 3 heterocycles. The first-order valence-corrected chi connectivity index (χ1v) is 10.3. The molecule has 1 saturated carbocycles. The molecule has 4 amide bonds. The Labute approximate surface area is 168 Å². The lowest BCUT2D eigenvalue weighted by Gasteiger charge is -2.38. The number of carbonyl (C=O) groups excluding carboxylic acids is 4. The number of hydrogen-bond acceptors (Lipinski definition) is 6. The van der Waals surface area contributed by atoms with Crippen LogP contribution in [0.4, 0.5) is 0 Å². The fraction of sp³-hybridized carbons (Fsp3) is 0.524. The monoisotopic (exact) mass is 396 g/mol. The molecule has 0 bridgehead atoms. The topological polar surface area (TPSA) is 98.8 Å². The Morgan fingerprint density at radius 2 is 1.83 bits per heavy atom. The number of nitrogens with one attached hydrogen (secondary N) is 2. The summed E-state index contributed by atoms with van der Waals surface area (Å²) in [4.78, 5) is 52.8. The van der Waals surface area contributed by atoms with E-state index < -0.39 is 23.8 Å². The van der Waals surface area contributed by atoms with Crippen molar-refractivity contribution in [3.63, 3.8) is 0 Å². The number of nitrogens with zero attached hydrogens (tertiary/aromatic N) is 2. The highest BCUT2D eigenvalue weighted by Crippen LogP contribution is 2.31. The summed E-state index contributed by atoms with van der Waals surface area (Å²) in [6.45, 7) is 2.68. The van der Waals surface area contributed by atoms with Crippen molar-refractivity contribution in [2.45, 2.75) is 56.8 Å². The van der Waals surface area contributed by atoms with Gasteiger partial charge in [0, 0.05) is 38.1 Å². The van der Waals surface area contributed by atoms with Gasteiger partial charge in [-0.1, -0.05) is 12.5 Å². The number of fused-ring (bicyclic) bond motifs is 2. The highest BCUT2D eigenvalue weighted by molar-refractivity contribution is 6.23. The lowest BCUT2D eigenvalue weighted by molar-refractivity contribution is -0.136. The van der Waals surface area contributed by atoms with Crippen LogP contribution in [0.5, 0.6) is 0 Å². The Morgan fingerprint density at radius 1 is 1.00 bits per heavy atom. The van der Waals surface area contributed by atoms with E-state index in [-0.39, 0.29) is 18.7 Å². The van der Waals surface area contributed by atoms with E-state index in [4.69, 9.17) is 0 Å². The number of amides is 4. The van der Waals surface area contributed by atoms with Crippen molar-refractivity contribution in [2.24, 2.45) is 0 Å². The van der Waals surface area contributed by atoms with Crippen LogP contribution in [0.3, 0.4) is 0 Å². The van der Waals surface area contributed by atoms with E-state index in [1.165, 1.54) is 19.3 Å². The maximum Gasteiger partial charge on any atom is 0.262 e. The van der Waals surface area contributed by atoms with Crippen LogP contribution in [0.15, 0.2) is 18.2 Å². The molecule has 1 aromatic rings. The number of hydrogen-bond donors (Lipinski definition) is 2. The van der Waals surface area contributed by atoms with Crippen LogP contribution in [0, 0.1) is 0 Å². The fourth-order valence-electron chi connectivity index (χ4n) is 5.22. The molecule has 4 aliphatic rings. The molecule has 3 aliphatic heterocycles. The van der Waals surface area contributed by atoms with Crippen LogP contribution in [-0.4, -0.2) is 64.6 Å². The summed E-state index contributed by atoms with van der Waals surface area (Å²) >= 11 is 0. The van der Waals surface area contributed by atoms with Crippen LogP contribution in [0.2, 0.25) is 0 Å². The summed E-state index contributed by atoms with van der Waals surface area (Å²) in [5.74, 6) is -1.85. The molecule has 5 rings (SSSR count). The first-order chi connectivity index (χ1) is 14.0. The molecule has 29 heavy (non-hydrogen) atoms. The van der Waals surface area contributed by atoms with Crippen LogP contribution in [0.1, 0.15) is 58.4 Å². The summed E-state index contributed by atoms with van der Waals surface area (Å²) in [7, 11) is 0. The molecule has 1 aliphatic carbocycles. The quantitative estimate of drug-likeness (QED) is 0.719. The Kier molecular flexibility index (Phi) is 4.48. The number of piperidine rings is 1. The van der Waals surface area contributed by atoms with E-state index in [1.807, 2.05) is 6.07 Å². The minimum atomic E-state index is -0.920. The predicted molar refractivity (Wildman–Crippen MR) is 103 cm³/mol. The zero-order valence-electron chi connectivity index (χ0n) is 16.1. The molecule has 8 nitrogen and oxygen atoms in total. The Hall–Kier alpha value is -2.58. The van der Waals surface area contributed by atoms with Gasteiger partial charge in [-0.25, -0.2) is 0 Å². The van der Waals surface area contributed by atoms with Gasteiger partial charge < -0.3 is 5.32 Å². The van der Waals surface area contributed by atoms with E-state index in [2.05, 4.69) is 15.5 Å². The Balaban J connectivity index is 1.37. The number of rotatable bonds is 3. The minimum Gasteiger partial charge on any atom is -0.311 e. The summed E-state index contributed by atoms with van der Waals surface area (Å²) in [5.41, 5.74) is 1.69. The Morgan fingerprint density at radius 3 is 2.66 bits per heavy atom. The van der Waals surface area contributed by atoms with Crippen LogP contribution >= 0.6 is 0 Å². The third-order valence-electron chi connectivity index (χ3n) is 6.64. The molecule has 8 heteroatoms.